The summed E-state index contributed by atoms with van der Waals surface area (Å²) in [6.45, 7) is 0.196. The Hall–Kier alpha value is -3.04. The number of hydrogen-bond acceptors (Lipinski definition) is 4. The minimum absolute atomic E-state index is 0.0625. The molecule has 7 nitrogen and oxygen atoms in total. The van der Waals surface area contributed by atoms with E-state index in [4.69, 9.17) is 10.6 Å². The predicted octanol–water partition coefficient (Wildman–Crippen LogP) is 2.85. The highest BCUT2D eigenvalue weighted by molar-refractivity contribution is 7.83. The third-order valence-corrected chi connectivity index (χ3v) is 7.79. The molecule has 1 heterocycles. The van der Waals surface area contributed by atoms with Crippen LogP contribution in [-0.2, 0) is 33.0 Å². The third-order valence-electron chi connectivity index (χ3n) is 5.56. The van der Waals surface area contributed by atoms with Gasteiger partial charge in [-0.25, -0.2) is 0 Å². The van der Waals surface area contributed by atoms with Crippen molar-refractivity contribution < 1.29 is 22.1 Å². The largest absolute Gasteiger partial charge is 0.403 e. The van der Waals surface area contributed by atoms with Gasteiger partial charge < -0.3 is 5.73 Å². The summed E-state index contributed by atoms with van der Waals surface area (Å²) in [6.07, 6.45) is 0. The maximum absolute atomic E-state index is 13.4. The Labute approximate surface area is 188 Å². The second kappa shape index (κ2) is 9.22. The molecule has 1 saturated heterocycles. The number of rotatable bonds is 8. The topological polar surface area (TPSA) is 89.7 Å². The Kier molecular flexibility index (Phi) is 6.38. The van der Waals surface area contributed by atoms with E-state index in [2.05, 4.69) is 0 Å². The molecule has 1 fully saturated rings. The molecule has 0 aromatic heterocycles. The molecule has 3 aromatic rings. The highest BCUT2D eigenvalue weighted by Gasteiger charge is 2.55. The van der Waals surface area contributed by atoms with Crippen LogP contribution in [0.1, 0.15) is 11.1 Å². The van der Waals surface area contributed by atoms with Gasteiger partial charge in [0.05, 0.1) is 6.54 Å². The van der Waals surface area contributed by atoms with E-state index < -0.39 is 26.7 Å². The van der Waals surface area contributed by atoms with Crippen molar-refractivity contribution in [2.24, 2.45) is 5.73 Å². The summed E-state index contributed by atoms with van der Waals surface area (Å²) < 4.78 is 27.4. The number of benzene rings is 3. The van der Waals surface area contributed by atoms with Crippen LogP contribution < -0.4 is 5.73 Å². The van der Waals surface area contributed by atoms with Gasteiger partial charge >= 0.3 is 10.2 Å². The maximum atomic E-state index is 13.4. The number of hydrogen-bond donors (Lipinski definition) is 1. The van der Waals surface area contributed by atoms with E-state index in [1.807, 2.05) is 84.9 Å². The maximum Gasteiger partial charge on any atom is 0.403 e. The lowest BCUT2D eigenvalue weighted by Gasteiger charge is -2.28. The molecule has 4 rings (SSSR count). The van der Waals surface area contributed by atoms with Gasteiger partial charge in [0.1, 0.15) is 13.2 Å². The Morgan fingerprint density at radius 3 is 2.09 bits per heavy atom. The van der Waals surface area contributed by atoms with Crippen molar-refractivity contribution in [3.05, 3.63) is 96.1 Å². The van der Waals surface area contributed by atoms with Crippen LogP contribution in [0.3, 0.4) is 0 Å². The van der Waals surface area contributed by atoms with Crippen molar-refractivity contribution in [1.29, 1.82) is 0 Å². The number of hydroxylamine groups is 2. The molecule has 3 aromatic carbocycles. The first-order valence-electron chi connectivity index (χ1n) is 10.4. The molecule has 1 amide bonds. The SMILES string of the molecule is NC(=O)C[N+]1(OCc2ccccc2)CCN(Cc2ccc(-c3ccccc3)cc2)S1(=O)=O. The molecule has 0 spiro atoms. The van der Waals surface area contributed by atoms with Crippen LogP contribution in [0.4, 0.5) is 0 Å². The number of amides is 1. The van der Waals surface area contributed by atoms with E-state index in [0.29, 0.717) is 0 Å². The molecule has 0 saturated carbocycles. The number of primary amides is 1. The van der Waals surface area contributed by atoms with E-state index in [9.17, 15) is 13.2 Å². The van der Waals surface area contributed by atoms with E-state index in [-0.39, 0.29) is 26.2 Å². The molecular weight excluding hydrogens is 426 g/mol. The average Bonchev–Trinajstić information content (AvgIpc) is 3.03. The lowest BCUT2D eigenvalue weighted by molar-refractivity contribution is -0.999. The van der Waals surface area contributed by atoms with Crippen molar-refractivity contribution >= 4 is 16.1 Å². The Balaban J connectivity index is 1.52. The fourth-order valence-corrected chi connectivity index (χ4v) is 5.68. The lowest BCUT2D eigenvalue weighted by Crippen LogP contribution is -2.54. The molecule has 0 radical (unpaired) electrons. The summed E-state index contributed by atoms with van der Waals surface area (Å²) in [5.74, 6) is -0.726. The monoisotopic (exact) mass is 452 g/mol. The normalized spacial score (nSPS) is 20.2. The molecule has 1 atom stereocenters. The second-order valence-corrected chi connectivity index (χ2v) is 9.87. The summed E-state index contributed by atoms with van der Waals surface area (Å²) in [7, 11) is -3.97. The molecule has 8 heteroatoms. The molecule has 1 aliphatic heterocycles. The van der Waals surface area contributed by atoms with Gasteiger partial charge in [0.2, 0.25) is 6.54 Å². The molecule has 1 unspecified atom stereocenters. The second-order valence-electron chi connectivity index (χ2n) is 7.80. The molecule has 32 heavy (non-hydrogen) atoms. The van der Waals surface area contributed by atoms with E-state index in [1.54, 1.807) is 0 Å². The van der Waals surface area contributed by atoms with Gasteiger partial charge in [-0.05, 0) is 22.3 Å². The van der Waals surface area contributed by atoms with E-state index in [0.717, 1.165) is 22.3 Å². The fourth-order valence-electron chi connectivity index (χ4n) is 3.84. The van der Waals surface area contributed by atoms with Gasteiger partial charge in [-0.15, -0.1) is 4.31 Å². The van der Waals surface area contributed by atoms with Crippen molar-refractivity contribution in [1.82, 2.24) is 4.31 Å². The minimum Gasteiger partial charge on any atom is -0.365 e. The lowest BCUT2D eigenvalue weighted by atomic mass is 10.0. The number of carbonyl (C=O) groups excluding carboxylic acids is 1. The Morgan fingerprint density at radius 1 is 0.875 bits per heavy atom. The first-order valence-corrected chi connectivity index (χ1v) is 11.8. The standard InChI is InChI=1S/C24H25N3O4S/c25-24(28)18-27(31-19-21-7-3-1-4-8-21)16-15-26(32(27,29)30)17-20-11-13-23(14-12-20)22-9-5-2-6-10-22/h1-14H,15-19H2,(H-,25,28)/p+1. The van der Waals surface area contributed by atoms with Crippen LogP contribution in [-0.4, -0.2) is 42.3 Å². The van der Waals surface area contributed by atoms with Crippen LogP contribution >= 0.6 is 0 Å². The van der Waals surface area contributed by atoms with Gasteiger partial charge in [-0.3, -0.25) is 4.79 Å². The predicted molar refractivity (Wildman–Crippen MR) is 122 cm³/mol. The zero-order chi connectivity index (χ0) is 22.6. The smallest absolute Gasteiger partial charge is 0.365 e. The molecule has 0 bridgehead atoms. The molecule has 166 valence electrons. The fraction of sp³-hybridized carbons (Fsp3) is 0.208. The summed E-state index contributed by atoms with van der Waals surface area (Å²) in [4.78, 5) is 17.6. The zero-order valence-electron chi connectivity index (χ0n) is 17.6. The molecule has 0 aliphatic carbocycles. The van der Waals surface area contributed by atoms with Gasteiger partial charge in [0, 0.05) is 6.54 Å². The van der Waals surface area contributed by atoms with Crippen LogP contribution in [0.5, 0.6) is 0 Å². The molecule has 1 aliphatic rings. The van der Waals surface area contributed by atoms with Crippen LogP contribution in [0.2, 0.25) is 0 Å². The Morgan fingerprint density at radius 2 is 1.47 bits per heavy atom. The van der Waals surface area contributed by atoms with Crippen molar-refractivity contribution in [3.63, 3.8) is 0 Å². The van der Waals surface area contributed by atoms with Crippen molar-refractivity contribution in [2.45, 2.75) is 13.2 Å². The summed E-state index contributed by atoms with van der Waals surface area (Å²) in [5.41, 5.74) is 9.23. The van der Waals surface area contributed by atoms with E-state index in [1.165, 1.54) is 4.31 Å². The summed E-state index contributed by atoms with van der Waals surface area (Å²) >= 11 is 0. The third kappa shape index (κ3) is 4.58. The first kappa shape index (κ1) is 22.2. The first-order chi connectivity index (χ1) is 15.4. The number of carbonyl (C=O) groups is 1. The average molecular weight is 453 g/mol. The van der Waals surface area contributed by atoms with Gasteiger partial charge in [0.25, 0.3) is 5.91 Å². The number of nitrogens with zero attached hydrogens (tertiary/aromatic N) is 2. The summed E-state index contributed by atoms with van der Waals surface area (Å²) in [6, 6.07) is 27.0. The van der Waals surface area contributed by atoms with Gasteiger partial charge in [-0.1, -0.05) is 89.0 Å². The highest BCUT2D eigenvalue weighted by atomic mass is 32.2. The Bertz CT molecular complexity index is 1170. The molecule has 2 N–H and O–H groups in total. The quantitative estimate of drug-likeness (QED) is 0.532. The van der Waals surface area contributed by atoms with Crippen LogP contribution in [0.25, 0.3) is 11.1 Å². The minimum atomic E-state index is -3.97. The van der Waals surface area contributed by atoms with Crippen LogP contribution in [0.15, 0.2) is 84.9 Å². The molecular formula is C24H26N3O4S+. The van der Waals surface area contributed by atoms with Gasteiger partial charge in [-0.2, -0.15) is 13.3 Å². The van der Waals surface area contributed by atoms with E-state index >= 15 is 0 Å². The van der Waals surface area contributed by atoms with Crippen molar-refractivity contribution in [3.8, 4) is 11.1 Å². The number of nitrogens with two attached hydrogens (primary N) is 1. The zero-order valence-corrected chi connectivity index (χ0v) is 18.4. The van der Waals surface area contributed by atoms with Crippen LogP contribution in [0, 0.1) is 0 Å². The van der Waals surface area contributed by atoms with Crippen molar-refractivity contribution in [2.75, 3.05) is 19.6 Å². The summed E-state index contributed by atoms with van der Waals surface area (Å²) in [5, 5.41) is 0. The highest BCUT2D eigenvalue weighted by Crippen LogP contribution is 2.30. The van der Waals surface area contributed by atoms with Gasteiger partial charge in [0.15, 0.2) is 0 Å². The number of quaternary nitrogens is 1.